The van der Waals surface area contributed by atoms with E-state index in [0.29, 0.717) is 10.8 Å². The third-order valence-electron chi connectivity index (χ3n) is 4.08. The Labute approximate surface area is 133 Å². The number of thioether (sulfide) groups is 1. The maximum Gasteiger partial charge on any atom is 0.416 e. The summed E-state index contributed by atoms with van der Waals surface area (Å²) in [6.07, 6.45) is 2.63. The Morgan fingerprint density at radius 1 is 1.18 bits per heavy atom. The molecule has 118 valence electrons. The molecule has 0 aromatic heterocycles. The molecule has 1 fully saturated rings. The molecule has 0 spiro atoms. The smallest absolute Gasteiger partial charge is 0.192 e. The predicted molar refractivity (Wildman–Crippen MR) is 84.5 cm³/mol. The van der Waals surface area contributed by atoms with Crippen LogP contribution in [0.15, 0.2) is 30.3 Å². The Balaban J connectivity index is 2.23. The van der Waals surface area contributed by atoms with Crippen LogP contribution in [0.2, 0.25) is 0 Å². The average Bonchev–Trinajstić information content (AvgIpc) is 2.52. The molecule has 22 heavy (non-hydrogen) atoms. The Morgan fingerprint density at radius 2 is 1.77 bits per heavy atom. The summed E-state index contributed by atoms with van der Waals surface area (Å²) in [4.78, 5) is 0. The van der Waals surface area contributed by atoms with E-state index in [9.17, 15) is 13.2 Å². The van der Waals surface area contributed by atoms with Crippen LogP contribution in [0.3, 0.4) is 0 Å². The van der Waals surface area contributed by atoms with Crippen molar-refractivity contribution in [1.82, 2.24) is 0 Å². The summed E-state index contributed by atoms with van der Waals surface area (Å²) in [6.45, 7) is 0. The molecular weight excluding hydrogens is 307 g/mol. The topological polar surface area (TPSA) is 23.8 Å². The second kappa shape index (κ2) is 7.23. The standard InChI is InChI=1S/C17H18F3NS/c1-22-15-8-4-12(5-9-15)10-16(17(18,19)20)14-6-2-13(11-21)3-7-14/h2-3,6-7,10,12,15H,4-5,8-9H2,1H3/b16-10-. The van der Waals surface area contributed by atoms with Crippen molar-refractivity contribution in [3.8, 4) is 6.07 Å². The summed E-state index contributed by atoms with van der Waals surface area (Å²) < 4.78 is 40.0. The third kappa shape index (κ3) is 4.30. The Kier molecular flexibility index (Phi) is 5.57. The predicted octanol–water partition coefficient (Wildman–Crippen LogP) is 5.43. The summed E-state index contributed by atoms with van der Waals surface area (Å²) in [6, 6.07) is 7.54. The number of nitriles is 1. The zero-order valence-corrected chi connectivity index (χ0v) is 13.2. The number of allylic oxidation sites excluding steroid dienone is 2. The molecule has 0 bridgehead atoms. The Bertz CT molecular complexity index is 561. The second-order valence-corrected chi connectivity index (χ2v) is 6.68. The molecule has 0 saturated heterocycles. The number of hydrogen-bond donors (Lipinski definition) is 0. The van der Waals surface area contributed by atoms with Crippen molar-refractivity contribution < 1.29 is 13.2 Å². The van der Waals surface area contributed by atoms with E-state index in [4.69, 9.17) is 5.26 Å². The van der Waals surface area contributed by atoms with Crippen molar-refractivity contribution in [3.05, 3.63) is 41.5 Å². The van der Waals surface area contributed by atoms with E-state index in [2.05, 4.69) is 6.26 Å². The fourth-order valence-electron chi connectivity index (χ4n) is 2.81. The van der Waals surface area contributed by atoms with Gasteiger partial charge in [0.15, 0.2) is 0 Å². The lowest BCUT2D eigenvalue weighted by Gasteiger charge is -2.26. The van der Waals surface area contributed by atoms with E-state index in [-0.39, 0.29) is 11.5 Å². The monoisotopic (exact) mass is 325 g/mol. The third-order valence-corrected chi connectivity index (χ3v) is 5.22. The first kappa shape index (κ1) is 17.0. The molecule has 0 radical (unpaired) electrons. The van der Waals surface area contributed by atoms with Crippen LogP contribution >= 0.6 is 11.8 Å². The normalized spacial score (nSPS) is 23.1. The fourth-order valence-corrected chi connectivity index (χ4v) is 3.55. The molecule has 0 N–H and O–H groups in total. The molecule has 1 aliphatic carbocycles. The molecular formula is C17H18F3NS. The highest BCUT2D eigenvalue weighted by Crippen LogP contribution is 2.38. The van der Waals surface area contributed by atoms with E-state index in [1.165, 1.54) is 30.3 Å². The van der Waals surface area contributed by atoms with Gasteiger partial charge in [0.05, 0.1) is 17.2 Å². The first-order chi connectivity index (χ1) is 10.4. The molecule has 5 heteroatoms. The van der Waals surface area contributed by atoms with Gasteiger partial charge < -0.3 is 0 Å². The molecule has 1 aromatic rings. The van der Waals surface area contributed by atoms with Gasteiger partial charge in [-0.3, -0.25) is 0 Å². The van der Waals surface area contributed by atoms with Crippen molar-refractivity contribution in [2.24, 2.45) is 5.92 Å². The van der Waals surface area contributed by atoms with E-state index < -0.39 is 11.7 Å². The van der Waals surface area contributed by atoms with Gasteiger partial charge in [-0.1, -0.05) is 18.2 Å². The Morgan fingerprint density at radius 3 is 2.23 bits per heavy atom. The molecule has 1 aliphatic rings. The highest BCUT2D eigenvalue weighted by atomic mass is 32.2. The van der Waals surface area contributed by atoms with Crippen LogP contribution in [0.25, 0.3) is 5.57 Å². The van der Waals surface area contributed by atoms with E-state index in [0.717, 1.165) is 25.7 Å². The minimum Gasteiger partial charge on any atom is -0.192 e. The number of benzene rings is 1. The summed E-state index contributed by atoms with van der Waals surface area (Å²) in [7, 11) is 0. The van der Waals surface area contributed by atoms with Gasteiger partial charge in [-0.2, -0.15) is 30.2 Å². The van der Waals surface area contributed by atoms with Crippen molar-refractivity contribution in [1.29, 1.82) is 5.26 Å². The molecule has 1 nitrogen and oxygen atoms in total. The SMILES string of the molecule is CSC1CCC(/C=C(/c2ccc(C#N)cc2)C(F)(F)F)CC1. The lowest BCUT2D eigenvalue weighted by Crippen LogP contribution is -2.17. The number of hydrogen-bond acceptors (Lipinski definition) is 2. The first-order valence-electron chi connectivity index (χ1n) is 7.26. The minimum absolute atomic E-state index is 0.0179. The number of alkyl halides is 3. The van der Waals surface area contributed by atoms with Gasteiger partial charge in [0.1, 0.15) is 0 Å². The van der Waals surface area contributed by atoms with Gasteiger partial charge >= 0.3 is 6.18 Å². The second-order valence-electron chi connectivity index (χ2n) is 5.54. The summed E-state index contributed by atoms with van der Waals surface area (Å²) in [5, 5.41) is 9.33. The van der Waals surface area contributed by atoms with Gasteiger partial charge in [0, 0.05) is 5.25 Å². The summed E-state index contributed by atoms with van der Waals surface area (Å²) >= 11 is 1.80. The number of rotatable bonds is 3. The van der Waals surface area contributed by atoms with Crippen molar-refractivity contribution in [3.63, 3.8) is 0 Å². The Hall–Kier alpha value is -1.41. The molecule has 0 atom stereocenters. The van der Waals surface area contributed by atoms with Crippen molar-refractivity contribution in [2.75, 3.05) is 6.26 Å². The molecule has 0 amide bonds. The highest BCUT2D eigenvalue weighted by molar-refractivity contribution is 7.99. The summed E-state index contributed by atoms with van der Waals surface area (Å²) in [5.41, 5.74) is -0.0752. The average molecular weight is 325 g/mol. The van der Waals surface area contributed by atoms with Crippen LogP contribution in [0, 0.1) is 17.2 Å². The summed E-state index contributed by atoms with van der Waals surface area (Å²) in [5.74, 6) is -0.0179. The molecule has 0 unspecified atom stereocenters. The molecule has 1 aromatic carbocycles. The fraction of sp³-hybridized carbons (Fsp3) is 0.471. The van der Waals surface area contributed by atoms with Gasteiger partial charge in [0.25, 0.3) is 0 Å². The van der Waals surface area contributed by atoms with E-state index in [1.807, 2.05) is 6.07 Å². The van der Waals surface area contributed by atoms with Crippen LogP contribution in [0.4, 0.5) is 13.2 Å². The van der Waals surface area contributed by atoms with E-state index in [1.54, 1.807) is 11.8 Å². The zero-order chi connectivity index (χ0) is 16.2. The van der Waals surface area contributed by atoms with E-state index >= 15 is 0 Å². The molecule has 2 rings (SSSR count). The quantitative estimate of drug-likeness (QED) is 0.740. The zero-order valence-electron chi connectivity index (χ0n) is 12.4. The van der Waals surface area contributed by atoms with Gasteiger partial charge in [-0.25, -0.2) is 0 Å². The highest BCUT2D eigenvalue weighted by Gasteiger charge is 2.35. The van der Waals surface area contributed by atoms with Gasteiger partial charge in [-0.05, 0) is 55.6 Å². The minimum atomic E-state index is -4.37. The lowest BCUT2D eigenvalue weighted by atomic mass is 9.86. The number of halogens is 3. The number of nitrogens with zero attached hydrogens (tertiary/aromatic N) is 1. The lowest BCUT2D eigenvalue weighted by molar-refractivity contribution is -0.0692. The van der Waals surface area contributed by atoms with Crippen LogP contribution in [-0.4, -0.2) is 17.7 Å². The largest absolute Gasteiger partial charge is 0.416 e. The maximum atomic E-state index is 13.3. The molecule has 1 saturated carbocycles. The van der Waals surface area contributed by atoms with Crippen LogP contribution < -0.4 is 0 Å². The van der Waals surface area contributed by atoms with Crippen LogP contribution in [0.5, 0.6) is 0 Å². The van der Waals surface area contributed by atoms with Crippen LogP contribution in [-0.2, 0) is 0 Å². The van der Waals surface area contributed by atoms with Crippen molar-refractivity contribution in [2.45, 2.75) is 37.1 Å². The van der Waals surface area contributed by atoms with Crippen LogP contribution in [0.1, 0.15) is 36.8 Å². The van der Waals surface area contributed by atoms with Gasteiger partial charge in [0.2, 0.25) is 0 Å². The van der Waals surface area contributed by atoms with Crippen molar-refractivity contribution >= 4 is 17.3 Å². The maximum absolute atomic E-state index is 13.3. The molecule has 0 heterocycles. The first-order valence-corrected chi connectivity index (χ1v) is 8.55. The van der Waals surface area contributed by atoms with Gasteiger partial charge in [-0.15, -0.1) is 0 Å². The molecule has 0 aliphatic heterocycles.